The van der Waals surface area contributed by atoms with Gasteiger partial charge in [0.25, 0.3) is 0 Å². The van der Waals surface area contributed by atoms with Crippen molar-refractivity contribution in [3.05, 3.63) is 36.7 Å². The standard InChI is InChI=1S/C13H12N3/c14-9-11-4-5-13(8-12(11)10-15)16-6-2-1-3-7-16/h1-3,5-7,11-12H,4,8H2/q+1/t11-,12-/m1/s1. The van der Waals surface area contributed by atoms with Crippen molar-refractivity contribution in [1.82, 2.24) is 0 Å². The summed E-state index contributed by atoms with van der Waals surface area (Å²) in [5, 5.41) is 17.9. The smallest absolute Gasteiger partial charge is 0.184 e. The van der Waals surface area contributed by atoms with Gasteiger partial charge in [-0.3, -0.25) is 0 Å². The molecule has 1 aliphatic rings. The van der Waals surface area contributed by atoms with Gasteiger partial charge in [0.1, 0.15) is 0 Å². The zero-order chi connectivity index (χ0) is 11.4. The second kappa shape index (κ2) is 4.59. The van der Waals surface area contributed by atoms with E-state index >= 15 is 0 Å². The number of nitrogens with zero attached hydrogens (tertiary/aromatic N) is 3. The first-order chi connectivity index (χ1) is 7.85. The van der Waals surface area contributed by atoms with Crippen LogP contribution in [0.25, 0.3) is 5.70 Å². The van der Waals surface area contributed by atoms with Gasteiger partial charge in [-0.1, -0.05) is 6.07 Å². The van der Waals surface area contributed by atoms with E-state index < -0.39 is 0 Å². The van der Waals surface area contributed by atoms with Crippen LogP contribution in [0.2, 0.25) is 0 Å². The van der Waals surface area contributed by atoms with E-state index in [1.165, 1.54) is 0 Å². The molecule has 0 saturated carbocycles. The minimum atomic E-state index is -0.183. The van der Waals surface area contributed by atoms with Gasteiger partial charge in [-0.05, 0) is 12.5 Å². The number of aromatic nitrogens is 1. The van der Waals surface area contributed by atoms with Gasteiger partial charge in [0.05, 0.1) is 24.0 Å². The molecule has 0 fully saturated rings. The molecule has 16 heavy (non-hydrogen) atoms. The molecule has 2 rings (SSSR count). The van der Waals surface area contributed by atoms with Crippen molar-refractivity contribution < 1.29 is 4.57 Å². The summed E-state index contributed by atoms with van der Waals surface area (Å²) < 4.78 is 2.01. The minimum absolute atomic E-state index is 0.155. The van der Waals surface area contributed by atoms with Crippen LogP contribution in [0.15, 0.2) is 36.7 Å². The number of allylic oxidation sites excluding steroid dienone is 2. The largest absolute Gasteiger partial charge is 0.198 e. The Balaban J connectivity index is 2.25. The van der Waals surface area contributed by atoms with E-state index in [-0.39, 0.29) is 11.8 Å². The molecule has 0 saturated heterocycles. The number of pyridine rings is 1. The summed E-state index contributed by atoms with van der Waals surface area (Å²) in [6.07, 6.45) is 7.32. The molecule has 0 unspecified atom stereocenters. The van der Waals surface area contributed by atoms with Crippen molar-refractivity contribution in [1.29, 1.82) is 10.5 Å². The monoisotopic (exact) mass is 210 g/mol. The summed E-state index contributed by atoms with van der Waals surface area (Å²) in [5.41, 5.74) is 1.11. The molecule has 1 heterocycles. The van der Waals surface area contributed by atoms with Crippen molar-refractivity contribution in [3.8, 4) is 12.1 Å². The van der Waals surface area contributed by atoms with Crippen LogP contribution in [0, 0.1) is 34.5 Å². The fourth-order valence-corrected chi connectivity index (χ4v) is 1.96. The highest BCUT2D eigenvalue weighted by molar-refractivity contribution is 5.38. The molecule has 2 atom stereocenters. The predicted octanol–water partition coefficient (Wildman–Crippen LogP) is 1.89. The second-order valence-corrected chi connectivity index (χ2v) is 3.89. The third kappa shape index (κ3) is 1.94. The van der Waals surface area contributed by atoms with Crippen LogP contribution in [0.1, 0.15) is 12.8 Å². The fraction of sp³-hybridized carbons (Fsp3) is 0.308. The van der Waals surface area contributed by atoms with Gasteiger partial charge in [-0.15, -0.1) is 0 Å². The average molecular weight is 210 g/mol. The van der Waals surface area contributed by atoms with Crippen molar-refractivity contribution >= 4 is 5.70 Å². The molecule has 0 bridgehead atoms. The topological polar surface area (TPSA) is 51.5 Å². The highest BCUT2D eigenvalue weighted by Gasteiger charge is 2.29. The van der Waals surface area contributed by atoms with E-state index in [1.54, 1.807) is 0 Å². The molecule has 0 aliphatic heterocycles. The zero-order valence-electron chi connectivity index (χ0n) is 8.87. The van der Waals surface area contributed by atoms with E-state index in [0.717, 1.165) is 5.70 Å². The van der Waals surface area contributed by atoms with E-state index in [9.17, 15) is 0 Å². The molecule has 3 heteroatoms. The predicted molar refractivity (Wildman–Crippen MR) is 58.4 cm³/mol. The lowest BCUT2D eigenvalue weighted by atomic mass is 9.83. The second-order valence-electron chi connectivity index (χ2n) is 3.89. The van der Waals surface area contributed by atoms with Crippen LogP contribution >= 0.6 is 0 Å². The van der Waals surface area contributed by atoms with Gasteiger partial charge in [0, 0.05) is 18.6 Å². The third-order valence-corrected chi connectivity index (χ3v) is 2.90. The van der Waals surface area contributed by atoms with Gasteiger partial charge in [0.2, 0.25) is 0 Å². The molecular formula is C13H12N3+. The summed E-state index contributed by atoms with van der Waals surface area (Å²) in [5.74, 6) is -0.337. The van der Waals surface area contributed by atoms with Crippen molar-refractivity contribution in [2.24, 2.45) is 11.8 Å². The summed E-state index contributed by atoms with van der Waals surface area (Å²) in [6.45, 7) is 0. The molecule has 0 radical (unpaired) electrons. The van der Waals surface area contributed by atoms with Crippen molar-refractivity contribution in [2.75, 3.05) is 0 Å². The number of nitriles is 2. The Morgan fingerprint density at radius 2 is 1.75 bits per heavy atom. The van der Waals surface area contributed by atoms with Crippen LogP contribution in [-0.4, -0.2) is 0 Å². The third-order valence-electron chi connectivity index (χ3n) is 2.90. The average Bonchev–Trinajstić information content (AvgIpc) is 2.39. The van der Waals surface area contributed by atoms with Gasteiger partial charge in [-0.2, -0.15) is 15.1 Å². The summed E-state index contributed by atoms with van der Waals surface area (Å²) >= 11 is 0. The van der Waals surface area contributed by atoms with Gasteiger partial charge in [0.15, 0.2) is 18.1 Å². The van der Waals surface area contributed by atoms with Gasteiger partial charge in [-0.25, -0.2) is 0 Å². The summed E-state index contributed by atoms with van der Waals surface area (Å²) in [7, 11) is 0. The molecule has 78 valence electrons. The van der Waals surface area contributed by atoms with Crippen LogP contribution < -0.4 is 4.57 Å². The first kappa shape index (κ1) is 10.4. The Bertz CT molecular complexity index is 476. The number of rotatable bonds is 1. The number of hydrogen-bond acceptors (Lipinski definition) is 2. The summed E-state index contributed by atoms with van der Waals surface area (Å²) in [4.78, 5) is 0. The molecule has 1 aliphatic carbocycles. The SMILES string of the molecule is N#C[C@H]1CC=C([n+]2ccccc2)C[C@@H]1C#N. The molecular weight excluding hydrogens is 198 g/mol. The van der Waals surface area contributed by atoms with E-state index in [1.807, 2.05) is 35.2 Å². The fourth-order valence-electron chi connectivity index (χ4n) is 1.96. The van der Waals surface area contributed by atoms with E-state index in [2.05, 4.69) is 18.2 Å². The lowest BCUT2D eigenvalue weighted by Crippen LogP contribution is -2.34. The highest BCUT2D eigenvalue weighted by Crippen LogP contribution is 2.28. The molecule has 1 aromatic heterocycles. The van der Waals surface area contributed by atoms with E-state index in [0.29, 0.717) is 12.8 Å². The molecule has 1 aromatic rings. The zero-order valence-corrected chi connectivity index (χ0v) is 8.87. The van der Waals surface area contributed by atoms with Gasteiger partial charge >= 0.3 is 0 Å². The maximum absolute atomic E-state index is 9.02. The Hall–Kier alpha value is -2.13. The Kier molecular flexibility index (Phi) is 2.98. The normalized spacial score (nSPS) is 24.0. The van der Waals surface area contributed by atoms with Crippen molar-refractivity contribution in [2.45, 2.75) is 12.8 Å². The Morgan fingerprint density at radius 3 is 2.38 bits per heavy atom. The Morgan fingerprint density at radius 1 is 1.06 bits per heavy atom. The van der Waals surface area contributed by atoms with Crippen LogP contribution in [-0.2, 0) is 0 Å². The lowest BCUT2D eigenvalue weighted by Gasteiger charge is -2.17. The maximum atomic E-state index is 9.02. The first-order valence-electron chi connectivity index (χ1n) is 5.30. The molecule has 0 N–H and O–H groups in total. The summed E-state index contributed by atoms with van der Waals surface area (Å²) in [6, 6.07) is 10.3. The highest BCUT2D eigenvalue weighted by atomic mass is 14.9. The number of hydrogen-bond donors (Lipinski definition) is 0. The molecule has 0 amide bonds. The quantitative estimate of drug-likeness (QED) is 0.664. The van der Waals surface area contributed by atoms with Crippen LogP contribution in [0.4, 0.5) is 0 Å². The van der Waals surface area contributed by atoms with Gasteiger partial charge < -0.3 is 0 Å². The first-order valence-corrected chi connectivity index (χ1v) is 5.30. The Labute approximate surface area is 94.9 Å². The van der Waals surface area contributed by atoms with Crippen LogP contribution in [0.3, 0.4) is 0 Å². The minimum Gasteiger partial charge on any atom is -0.198 e. The lowest BCUT2D eigenvalue weighted by molar-refractivity contribution is -0.584. The van der Waals surface area contributed by atoms with E-state index in [4.69, 9.17) is 10.5 Å². The maximum Gasteiger partial charge on any atom is 0.184 e. The molecule has 0 spiro atoms. The molecule has 3 nitrogen and oxygen atoms in total. The molecule has 0 aromatic carbocycles. The van der Waals surface area contributed by atoms with Crippen LogP contribution in [0.5, 0.6) is 0 Å². The van der Waals surface area contributed by atoms with Crippen molar-refractivity contribution in [3.63, 3.8) is 0 Å².